The molecule has 0 aromatic carbocycles. The molecule has 0 amide bonds. The molecule has 0 radical (unpaired) electrons. The van der Waals surface area contributed by atoms with Crippen LogP contribution in [0.2, 0.25) is 0 Å². The van der Waals surface area contributed by atoms with Crippen molar-refractivity contribution in [2.45, 2.75) is 26.4 Å². The van der Waals surface area contributed by atoms with Crippen LogP contribution < -0.4 is 5.73 Å². The number of nitrogens with two attached hydrogens (primary N) is 1. The summed E-state index contributed by atoms with van der Waals surface area (Å²) in [4.78, 5) is 2.30. The van der Waals surface area contributed by atoms with Crippen LogP contribution in [-0.2, 0) is 4.74 Å². The monoisotopic (exact) mass is 215 g/mol. The van der Waals surface area contributed by atoms with Crippen LogP contribution in [0.15, 0.2) is 5.16 Å². The SMILES string of the molecule is CC(C)CCN1CCOC(C(N)=NO)C1. The van der Waals surface area contributed by atoms with Gasteiger partial charge in [0.2, 0.25) is 0 Å². The van der Waals surface area contributed by atoms with E-state index in [1.165, 1.54) is 6.42 Å². The summed E-state index contributed by atoms with van der Waals surface area (Å²) in [7, 11) is 0. The Kier molecular flexibility index (Phi) is 4.84. The molecule has 88 valence electrons. The first-order chi connectivity index (χ1) is 7.13. The fourth-order valence-corrected chi connectivity index (χ4v) is 1.59. The van der Waals surface area contributed by atoms with Gasteiger partial charge in [0.25, 0.3) is 0 Å². The van der Waals surface area contributed by atoms with Gasteiger partial charge < -0.3 is 15.7 Å². The summed E-state index contributed by atoms with van der Waals surface area (Å²) in [5.41, 5.74) is 5.51. The van der Waals surface area contributed by atoms with Gasteiger partial charge >= 0.3 is 0 Å². The number of rotatable bonds is 4. The van der Waals surface area contributed by atoms with E-state index in [0.717, 1.165) is 19.6 Å². The van der Waals surface area contributed by atoms with Crippen LogP contribution in [0.1, 0.15) is 20.3 Å². The van der Waals surface area contributed by atoms with E-state index < -0.39 is 0 Å². The van der Waals surface area contributed by atoms with E-state index in [9.17, 15) is 0 Å². The number of amidine groups is 1. The lowest BCUT2D eigenvalue weighted by Gasteiger charge is -2.32. The van der Waals surface area contributed by atoms with Crippen LogP contribution in [0.5, 0.6) is 0 Å². The third-order valence-electron chi connectivity index (χ3n) is 2.62. The molecule has 1 atom stereocenters. The molecule has 0 spiro atoms. The van der Waals surface area contributed by atoms with Gasteiger partial charge in [0, 0.05) is 13.1 Å². The standard InChI is InChI=1S/C10H21N3O2/c1-8(2)3-4-13-5-6-15-9(7-13)10(11)12-14/h8-9,14H,3-7H2,1-2H3,(H2,11,12). The molecule has 0 aromatic heterocycles. The lowest BCUT2D eigenvalue weighted by molar-refractivity contribution is 0.00325. The van der Waals surface area contributed by atoms with Crippen LogP contribution in [0, 0.1) is 5.92 Å². The Hall–Kier alpha value is -0.810. The molecule has 5 heteroatoms. The average Bonchev–Trinajstić information content (AvgIpc) is 2.25. The third kappa shape index (κ3) is 4.05. The van der Waals surface area contributed by atoms with E-state index in [1.54, 1.807) is 0 Å². The van der Waals surface area contributed by atoms with E-state index in [4.69, 9.17) is 15.7 Å². The Bertz CT molecular complexity index is 219. The quantitative estimate of drug-likeness (QED) is 0.310. The van der Waals surface area contributed by atoms with Crippen molar-refractivity contribution in [1.82, 2.24) is 4.90 Å². The van der Waals surface area contributed by atoms with Crippen LogP contribution in [-0.4, -0.2) is 48.3 Å². The third-order valence-corrected chi connectivity index (χ3v) is 2.62. The predicted molar refractivity (Wildman–Crippen MR) is 59.0 cm³/mol. The van der Waals surface area contributed by atoms with E-state index in [2.05, 4.69) is 23.9 Å². The number of hydrogen-bond donors (Lipinski definition) is 2. The Balaban J connectivity index is 2.35. The van der Waals surface area contributed by atoms with Gasteiger partial charge in [0.1, 0.15) is 6.10 Å². The number of nitrogens with zero attached hydrogens (tertiary/aromatic N) is 2. The van der Waals surface area contributed by atoms with Crippen LogP contribution in [0.25, 0.3) is 0 Å². The molecule has 0 aromatic rings. The second-order valence-corrected chi connectivity index (χ2v) is 4.37. The van der Waals surface area contributed by atoms with E-state index in [-0.39, 0.29) is 11.9 Å². The van der Waals surface area contributed by atoms with E-state index >= 15 is 0 Å². The Morgan fingerprint density at radius 3 is 3.00 bits per heavy atom. The highest BCUT2D eigenvalue weighted by molar-refractivity contribution is 5.84. The normalized spacial score (nSPS) is 24.7. The highest BCUT2D eigenvalue weighted by Crippen LogP contribution is 2.08. The Morgan fingerprint density at radius 2 is 2.40 bits per heavy atom. The maximum atomic E-state index is 8.56. The van der Waals surface area contributed by atoms with Crippen LogP contribution >= 0.6 is 0 Å². The van der Waals surface area contributed by atoms with Gasteiger partial charge in [0.15, 0.2) is 5.84 Å². The summed E-state index contributed by atoms with van der Waals surface area (Å²) < 4.78 is 5.41. The zero-order valence-electron chi connectivity index (χ0n) is 9.52. The predicted octanol–water partition coefficient (Wildman–Crippen LogP) is 0.480. The second-order valence-electron chi connectivity index (χ2n) is 4.37. The first-order valence-corrected chi connectivity index (χ1v) is 5.45. The second kappa shape index (κ2) is 5.92. The highest BCUT2D eigenvalue weighted by atomic mass is 16.5. The Morgan fingerprint density at radius 1 is 1.67 bits per heavy atom. The van der Waals surface area contributed by atoms with Crippen LogP contribution in [0.4, 0.5) is 0 Å². The van der Waals surface area contributed by atoms with Gasteiger partial charge in [-0.3, -0.25) is 4.90 Å². The van der Waals surface area contributed by atoms with Crippen molar-refractivity contribution in [1.29, 1.82) is 0 Å². The molecule has 1 aliphatic rings. The zero-order chi connectivity index (χ0) is 11.3. The molecule has 1 saturated heterocycles. The summed E-state index contributed by atoms with van der Waals surface area (Å²) in [5, 5.41) is 11.5. The van der Waals surface area contributed by atoms with Crippen molar-refractivity contribution in [3.8, 4) is 0 Å². The summed E-state index contributed by atoms with van der Waals surface area (Å²) in [6, 6.07) is 0. The smallest absolute Gasteiger partial charge is 0.169 e. The summed E-state index contributed by atoms with van der Waals surface area (Å²) in [5.74, 6) is 0.874. The highest BCUT2D eigenvalue weighted by Gasteiger charge is 2.23. The largest absolute Gasteiger partial charge is 0.409 e. The lowest BCUT2D eigenvalue weighted by atomic mass is 10.1. The van der Waals surface area contributed by atoms with E-state index in [0.29, 0.717) is 12.5 Å². The average molecular weight is 215 g/mol. The molecular weight excluding hydrogens is 194 g/mol. The van der Waals surface area contributed by atoms with Crippen molar-refractivity contribution >= 4 is 5.84 Å². The summed E-state index contributed by atoms with van der Waals surface area (Å²) in [6.07, 6.45) is 0.916. The first-order valence-electron chi connectivity index (χ1n) is 5.45. The van der Waals surface area contributed by atoms with Crippen molar-refractivity contribution in [3.63, 3.8) is 0 Å². The maximum Gasteiger partial charge on any atom is 0.169 e. The molecule has 0 bridgehead atoms. The first kappa shape index (κ1) is 12.3. The van der Waals surface area contributed by atoms with Crippen molar-refractivity contribution in [2.75, 3.05) is 26.2 Å². The molecule has 0 aliphatic carbocycles. The summed E-state index contributed by atoms with van der Waals surface area (Å²) in [6.45, 7) is 7.78. The number of ether oxygens (including phenoxy) is 1. The van der Waals surface area contributed by atoms with Gasteiger partial charge in [-0.05, 0) is 18.9 Å². The minimum absolute atomic E-state index is 0.171. The fraction of sp³-hybridized carbons (Fsp3) is 0.900. The molecule has 1 fully saturated rings. The molecule has 1 unspecified atom stereocenters. The lowest BCUT2D eigenvalue weighted by Crippen LogP contribution is -2.48. The minimum atomic E-state index is -0.254. The molecule has 0 saturated carbocycles. The molecule has 5 nitrogen and oxygen atoms in total. The zero-order valence-corrected chi connectivity index (χ0v) is 9.52. The fourth-order valence-electron chi connectivity index (χ4n) is 1.59. The molecule has 1 aliphatic heterocycles. The van der Waals surface area contributed by atoms with Crippen LogP contribution in [0.3, 0.4) is 0 Å². The van der Waals surface area contributed by atoms with Crippen molar-refractivity contribution in [3.05, 3.63) is 0 Å². The van der Waals surface area contributed by atoms with Gasteiger partial charge in [-0.1, -0.05) is 19.0 Å². The summed E-state index contributed by atoms with van der Waals surface area (Å²) >= 11 is 0. The Labute approximate surface area is 90.9 Å². The maximum absolute atomic E-state index is 8.56. The van der Waals surface area contributed by atoms with Crippen molar-refractivity contribution < 1.29 is 9.94 Å². The topological polar surface area (TPSA) is 71.1 Å². The van der Waals surface area contributed by atoms with Crippen molar-refractivity contribution in [2.24, 2.45) is 16.8 Å². The van der Waals surface area contributed by atoms with Gasteiger partial charge in [-0.2, -0.15) is 0 Å². The molecule has 3 N–H and O–H groups in total. The molecule has 1 heterocycles. The molecular formula is C10H21N3O2. The van der Waals surface area contributed by atoms with Gasteiger partial charge in [-0.25, -0.2) is 0 Å². The number of morpholine rings is 1. The molecule has 1 rings (SSSR count). The number of oxime groups is 1. The van der Waals surface area contributed by atoms with Gasteiger partial charge in [-0.15, -0.1) is 0 Å². The van der Waals surface area contributed by atoms with Gasteiger partial charge in [0.05, 0.1) is 6.61 Å². The van der Waals surface area contributed by atoms with E-state index in [1.807, 2.05) is 0 Å². The number of hydrogen-bond acceptors (Lipinski definition) is 4. The minimum Gasteiger partial charge on any atom is -0.409 e. The molecule has 15 heavy (non-hydrogen) atoms.